The molecule has 0 radical (unpaired) electrons. The Morgan fingerprint density at radius 1 is 1.44 bits per heavy atom. The van der Waals surface area contributed by atoms with E-state index in [0.29, 0.717) is 0 Å². The molecule has 0 saturated carbocycles. The van der Waals surface area contributed by atoms with Gasteiger partial charge in [0.05, 0.1) is 0 Å². The largest absolute Gasteiger partial charge is 0.225 e. The van der Waals surface area contributed by atoms with Crippen LogP contribution in [-0.4, -0.2) is 18.6 Å². The first-order chi connectivity index (χ1) is 4.30. The van der Waals surface area contributed by atoms with Crippen molar-refractivity contribution in [2.75, 3.05) is 0 Å². The van der Waals surface area contributed by atoms with Crippen molar-refractivity contribution in [3.63, 3.8) is 0 Å². The molecule has 0 amide bonds. The molecule has 1 aromatic rings. The number of hydrogen-bond acceptors (Lipinski definition) is 4. The normalized spacial score (nSPS) is 9.89. The molecule has 5 heteroatoms. The van der Waals surface area contributed by atoms with Crippen molar-refractivity contribution in [3.8, 4) is 0 Å². The fourth-order valence-electron chi connectivity index (χ4n) is 0.391. The molecule has 1 aromatic heterocycles. The van der Waals surface area contributed by atoms with Gasteiger partial charge in [0, 0.05) is 6.20 Å². The molecule has 1 heterocycles. The molecule has 0 atom stereocenters. The monoisotopic (exact) mass is 144 g/mol. The van der Waals surface area contributed by atoms with Crippen LogP contribution in [0.25, 0.3) is 0 Å². The molecular weight excluding hydrogens is 140 g/mol. The van der Waals surface area contributed by atoms with Crippen molar-refractivity contribution in [3.05, 3.63) is 18.3 Å². The quantitative estimate of drug-likeness (QED) is 0.537. The standard InChI is InChI=1S/C4H4N2O2S/c7-9(8)4-2-1-3-5-6-4/h1-3,9H. The Kier molecular flexibility index (Phi) is 1.74. The fourth-order valence-corrected chi connectivity index (χ4v) is 0.723. The van der Waals surface area contributed by atoms with Gasteiger partial charge in [-0.05, 0) is 12.1 Å². The van der Waals surface area contributed by atoms with E-state index < -0.39 is 10.7 Å². The zero-order chi connectivity index (χ0) is 6.69. The summed E-state index contributed by atoms with van der Waals surface area (Å²) >= 11 is 0. The number of rotatable bonds is 1. The second-order valence-corrected chi connectivity index (χ2v) is 2.31. The third-order valence-corrected chi connectivity index (χ3v) is 1.36. The number of thiol groups is 1. The van der Waals surface area contributed by atoms with Crippen molar-refractivity contribution in [1.82, 2.24) is 10.2 Å². The molecule has 0 N–H and O–H groups in total. The first kappa shape index (κ1) is 6.15. The fraction of sp³-hybridized carbons (Fsp3) is 0. The predicted octanol–water partition coefficient (Wildman–Crippen LogP) is -0.553. The minimum Gasteiger partial charge on any atom is -0.225 e. The van der Waals surface area contributed by atoms with E-state index in [1.807, 2.05) is 0 Å². The predicted molar refractivity (Wildman–Crippen MR) is 30.6 cm³/mol. The molecule has 4 nitrogen and oxygen atoms in total. The Balaban J connectivity index is 3.13. The highest BCUT2D eigenvalue weighted by molar-refractivity contribution is 7.72. The summed E-state index contributed by atoms with van der Waals surface area (Å²) in [5.74, 6) is 0. The molecular formula is C4H4N2O2S. The maximum atomic E-state index is 10.1. The van der Waals surface area contributed by atoms with Crippen LogP contribution in [0, 0.1) is 0 Å². The Hall–Kier alpha value is -0.970. The Morgan fingerprint density at radius 2 is 2.22 bits per heavy atom. The lowest BCUT2D eigenvalue weighted by Crippen LogP contribution is -1.86. The SMILES string of the molecule is O=[SH](=O)c1cccnn1. The Bertz CT molecular complexity index is 249. The zero-order valence-corrected chi connectivity index (χ0v) is 5.28. The highest BCUT2D eigenvalue weighted by Gasteiger charge is 1.90. The van der Waals surface area contributed by atoms with Crippen LogP contribution in [-0.2, 0) is 10.7 Å². The van der Waals surface area contributed by atoms with E-state index in [2.05, 4.69) is 10.2 Å². The van der Waals surface area contributed by atoms with Gasteiger partial charge >= 0.3 is 0 Å². The van der Waals surface area contributed by atoms with Crippen LogP contribution in [0.15, 0.2) is 23.4 Å². The Labute approximate surface area is 53.5 Å². The summed E-state index contributed by atoms with van der Waals surface area (Å²) in [5.41, 5.74) is 0. The molecule has 0 spiro atoms. The molecule has 48 valence electrons. The maximum Gasteiger partial charge on any atom is 0.187 e. The van der Waals surface area contributed by atoms with E-state index >= 15 is 0 Å². The molecule has 9 heavy (non-hydrogen) atoms. The van der Waals surface area contributed by atoms with E-state index in [-0.39, 0.29) is 5.03 Å². The van der Waals surface area contributed by atoms with Gasteiger partial charge in [0.25, 0.3) is 0 Å². The lowest BCUT2D eigenvalue weighted by molar-refractivity contribution is 0.609. The van der Waals surface area contributed by atoms with E-state index in [1.165, 1.54) is 18.3 Å². The van der Waals surface area contributed by atoms with Gasteiger partial charge in [-0.2, -0.15) is 5.10 Å². The van der Waals surface area contributed by atoms with E-state index in [9.17, 15) is 8.42 Å². The van der Waals surface area contributed by atoms with Gasteiger partial charge in [-0.3, -0.25) is 0 Å². The average molecular weight is 144 g/mol. The molecule has 0 aliphatic carbocycles. The van der Waals surface area contributed by atoms with Gasteiger partial charge in [-0.1, -0.05) is 0 Å². The van der Waals surface area contributed by atoms with Crippen LogP contribution in [0.4, 0.5) is 0 Å². The van der Waals surface area contributed by atoms with Crippen LogP contribution in [0.1, 0.15) is 0 Å². The molecule has 1 rings (SSSR count). The lowest BCUT2D eigenvalue weighted by atomic mass is 10.6. The van der Waals surface area contributed by atoms with Gasteiger partial charge in [0.2, 0.25) is 0 Å². The molecule has 0 saturated heterocycles. The van der Waals surface area contributed by atoms with Gasteiger partial charge in [0.15, 0.2) is 15.7 Å². The summed E-state index contributed by atoms with van der Waals surface area (Å²) in [6.45, 7) is 0. The molecule has 0 unspecified atom stereocenters. The summed E-state index contributed by atoms with van der Waals surface area (Å²) in [6, 6.07) is 2.91. The highest BCUT2D eigenvalue weighted by Crippen LogP contribution is 1.89. The summed E-state index contributed by atoms with van der Waals surface area (Å²) in [5, 5.41) is 6.71. The molecule has 0 fully saturated rings. The van der Waals surface area contributed by atoms with Crippen molar-refractivity contribution in [2.45, 2.75) is 5.03 Å². The number of hydrogen-bond donors (Lipinski definition) is 1. The summed E-state index contributed by atoms with van der Waals surface area (Å²) < 4.78 is 20.3. The van der Waals surface area contributed by atoms with Crippen LogP contribution in [0.2, 0.25) is 0 Å². The summed E-state index contributed by atoms with van der Waals surface area (Å²) in [6.07, 6.45) is 1.42. The first-order valence-electron chi connectivity index (χ1n) is 2.23. The summed E-state index contributed by atoms with van der Waals surface area (Å²) in [7, 11) is -2.57. The molecule has 0 bridgehead atoms. The van der Waals surface area contributed by atoms with Crippen molar-refractivity contribution < 1.29 is 8.42 Å². The third-order valence-electron chi connectivity index (χ3n) is 0.745. The van der Waals surface area contributed by atoms with Crippen molar-refractivity contribution in [1.29, 1.82) is 0 Å². The van der Waals surface area contributed by atoms with E-state index in [1.54, 1.807) is 0 Å². The van der Waals surface area contributed by atoms with Crippen molar-refractivity contribution in [2.24, 2.45) is 0 Å². The molecule has 0 aliphatic rings. The van der Waals surface area contributed by atoms with E-state index in [4.69, 9.17) is 0 Å². The molecule has 0 aliphatic heterocycles. The van der Waals surface area contributed by atoms with Crippen LogP contribution in [0.3, 0.4) is 0 Å². The Morgan fingerprint density at radius 3 is 2.56 bits per heavy atom. The van der Waals surface area contributed by atoms with Gasteiger partial charge < -0.3 is 0 Å². The van der Waals surface area contributed by atoms with Crippen LogP contribution in [0.5, 0.6) is 0 Å². The molecule has 0 aromatic carbocycles. The van der Waals surface area contributed by atoms with Crippen LogP contribution < -0.4 is 0 Å². The van der Waals surface area contributed by atoms with E-state index in [0.717, 1.165) is 0 Å². The lowest BCUT2D eigenvalue weighted by Gasteiger charge is -1.81. The second kappa shape index (κ2) is 2.54. The zero-order valence-electron chi connectivity index (χ0n) is 4.39. The minimum atomic E-state index is -2.57. The van der Waals surface area contributed by atoms with Crippen molar-refractivity contribution >= 4 is 10.7 Å². The first-order valence-corrected chi connectivity index (χ1v) is 3.40. The van der Waals surface area contributed by atoms with Crippen LogP contribution >= 0.6 is 0 Å². The smallest absolute Gasteiger partial charge is 0.187 e. The maximum absolute atomic E-state index is 10.1. The average Bonchev–Trinajstić information content (AvgIpc) is 1.90. The number of aromatic nitrogens is 2. The number of nitrogens with zero attached hydrogens (tertiary/aromatic N) is 2. The third kappa shape index (κ3) is 1.46. The highest BCUT2D eigenvalue weighted by atomic mass is 32.2. The minimum absolute atomic E-state index is 0.00694. The van der Waals surface area contributed by atoms with Gasteiger partial charge in [-0.25, -0.2) is 8.42 Å². The van der Waals surface area contributed by atoms with Gasteiger partial charge in [0.1, 0.15) is 0 Å². The summed E-state index contributed by atoms with van der Waals surface area (Å²) in [4.78, 5) is 0. The van der Waals surface area contributed by atoms with Gasteiger partial charge in [-0.15, -0.1) is 5.10 Å². The topological polar surface area (TPSA) is 59.9 Å². The second-order valence-electron chi connectivity index (χ2n) is 1.34.